The average molecular weight is 486 g/mol. The van der Waals surface area contributed by atoms with Crippen LogP contribution < -0.4 is 15.4 Å². The van der Waals surface area contributed by atoms with E-state index in [2.05, 4.69) is 10.3 Å². The van der Waals surface area contributed by atoms with Crippen molar-refractivity contribution in [2.45, 2.75) is 12.3 Å². The highest BCUT2D eigenvalue weighted by atomic mass is 35.5. The number of carbonyl (C=O) groups is 2. The van der Waals surface area contributed by atoms with Gasteiger partial charge in [-0.05, 0) is 24.3 Å². The molecule has 172 valence electrons. The van der Waals surface area contributed by atoms with Crippen molar-refractivity contribution in [3.63, 3.8) is 0 Å². The van der Waals surface area contributed by atoms with Crippen molar-refractivity contribution in [3.05, 3.63) is 88.6 Å². The Labute approximate surface area is 188 Å². The zero-order chi connectivity index (χ0) is 24.2. The second kappa shape index (κ2) is 9.82. The highest BCUT2D eigenvalue weighted by molar-refractivity contribution is 6.29. The summed E-state index contributed by atoms with van der Waals surface area (Å²) in [6.07, 6.45) is -7.31. The van der Waals surface area contributed by atoms with E-state index in [1.54, 1.807) is 5.32 Å². The van der Waals surface area contributed by atoms with Crippen LogP contribution in [0, 0.1) is 11.6 Å². The summed E-state index contributed by atoms with van der Waals surface area (Å²) < 4.78 is 73.3. The van der Waals surface area contributed by atoms with Gasteiger partial charge >= 0.3 is 12.2 Å². The molecule has 3 amide bonds. The van der Waals surface area contributed by atoms with E-state index in [1.165, 1.54) is 30.3 Å². The van der Waals surface area contributed by atoms with Gasteiger partial charge in [-0.15, -0.1) is 0 Å². The Morgan fingerprint density at radius 1 is 0.939 bits per heavy atom. The lowest BCUT2D eigenvalue weighted by Crippen LogP contribution is -2.35. The van der Waals surface area contributed by atoms with Crippen molar-refractivity contribution >= 4 is 29.2 Å². The number of carbonyl (C=O) groups excluding carboxylic acids is 2. The van der Waals surface area contributed by atoms with Crippen molar-refractivity contribution < 1.29 is 36.3 Å². The molecule has 0 saturated carbocycles. The smallest absolute Gasteiger partial charge is 0.429 e. The van der Waals surface area contributed by atoms with E-state index in [0.717, 1.165) is 30.3 Å². The summed E-state index contributed by atoms with van der Waals surface area (Å²) in [6, 6.07) is 10.2. The molecule has 3 aromatic rings. The molecule has 0 saturated heterocycles. The van der Waals surface area contributed by atoms with E-state index in [4.69, 9.17) is 16.3 Å². The maximum Gasteiger partial charge on any atom is 0.429 e. The Morgan fingerprint density at radius 3 is 2.18 bits per heavy atom. The predicted octanol–water partition coefficient (Wildman–Crippen LogP) is 5.66. The first-order chi connectivity index (χ1) is 15.6. The lowest BCUT2D eigenvalue weighted by atomic mass is 10.1. The van der Waals surface area contributed by atoms with E-state index < -0.39 is 47.3 Å². The number of nitrogens with zero attached hydrogens (tertiary/aromatic N) is 1. The topological polar surface area (TPSA) is 80.3 Å². The Balaban J connectivity index is 1.83. The quantitative estimate of drug-likeness (QED) is 0.361. The van der Waals surface area contributed by atoms with Gasteiger partial charge in [0.15, 0.2) is 0 Å². The maximum absolute atomic E-state index is 13.7. The van der Waals surface area contributed by atoms with Crippen LogP contribution in [0.1, 0.15) is 22.0 Å². The minimum absolute atomic E-state index is 0.241. The predicted molar refractivity (Wildman–Crippen MR) is 108 cm³/mol. The number of halogens is 6. The maximum atomic E-state index is 13.7. The lowest BCUT2D eigenvalue weighted by molar-refractivity contribution is -0.198. The first-order valence-corrected chi connectivity index (χ1v) is 9.45. The molecule has 0 spiro atoms. The van der Waals surface area contributed by atoms with Gasteiger partial charge in [0.2, 0.25) is 12.0 Å². The van der Waals surface area contributed by atoms with Crippen LogP contribution in [-0.2, 0) is 0 Å². The third-order valence-electron chi connectivity index (χ3n) is 4.12. The summed E-state index contributed by atoms with van der Waals surface area (Å²) in [4.78, 5) is 27.9. The summed E-state index contributed by atoms with van der Waals surface area (Å²) in [6.45, 7) is 0. The third-order valence-corrected chi connectivity index (χ3v) is 4.33. The number of anilines is 1. The molecule has 2 aromatic carbocycles. The highest BCUT2D eigenvalue weighted by Crippen LogP contribution is 2.38. The number of hydrogen-bond acceptors (Lipinski definition) is 4. The van der Waals surface area contributed by atoms with Crippen LogP contribution in [-0.4, -0.2) is 23.1 Å². The Bertz CT molecular complexity index is 1160. The van der Waals surface area contributed by atoms with E-state index in [1.807, 2.05) is 0 Å². The first-order valence-electron chi connectivity index (χ1n) is 9.07. The summed E-state index contributed by atoms with van der Waals surface area (Å²) in [7, 11) is 0. The number of aromatic nitrogens is 1. The molecule has 0 fully saturated rings. The standard InChI is InChI=1S/C21H13ClF5N3O3/c22-15-10-9-14(28-20(32)30-18(31)16-12(23)7-4-8-13(16)24)19(29-15)33-17(21(25,26)27)11-5-2-1-3-6-11/h1-10,17H,(H2,28,30,31,32). The van der Waals surface area contributed by atoms with Crippen molar-refractivity contribution in [2.75, 3.05) is 5.32 Å². The largest absolute Gasteiger partial charge is 0.458 e. The van der Waals surface area contributed by atoms with Gasteiger partial charge in [0.1, 0.15) is 28.0 Å². The van der Waals surface area contributed by atoms with Crippen LogP contribution in [0.5, 0.6) is 5.88 Å². The zero-order valence-electron chi connectivity index (χ0n) is 16.3. The number of nitrogens with one attached hydrogen (secondary N) is 2. The van der Waals surface area contributed by atoms with Crippen LogP contribution in [0.4, 0.5) is 32.4 Å². The second-order valence-corrected chi connectivity index (χ2v) is 6.83. The lowest BCUT2D eigenvalue weighted by Gasteiger charge is -2.23. The normalized spacial score (nSPS) is 12.1. The molecule has 6 nitrogen and oxygen atoms in total. The van der Waals surface area contributed by atoms with Gasteiger partial charge in [-0.2, -0.15) is 18.2 Å². The Morgan fingerprint density at radius 2 is 1.58 bits per heavy atom. The molecule has 2 N–H and O–H groups in total. The number of imide groups is 1. The summed E-state index contributed by atoms with van der Waals surface area (Å²) in [5.74, 6) is -4.54. The van der Waals surface area contributed by atoms with Gasteiger partial charge in [0.25, 0.3) is 5.91 Å². The molecule has 1 atom stereocenters. The van der Waals surface area contributed by atoms with Gasteiger partial charge in [-0.25, -0.2) is 13.6 Å². The molecule has 33 heavy (non-hydrogen) atoms. The highest BCUT2D eigenvalue weighted by Gasteiger charge is 2.43. The third kappa shape index (κ3) is 5.95. The van der Waals surface area contributed by atoms with Gasteiger partial charge in [-0.1, -0.05) is 48.0 Å². The number of pyridine rings is 1. The minimum atomic E-state index is -4.86. The molecule has 0 aliphatic carbocycles. The van der Waals surface area contributed by atoms with Crippen molar-refractivity contribution in [1.82, 2.24) is 10.3 Å². The fraction of sp³-hybridized carbons (Fsp3) is 0.0952. The summed E-state index contributed by atoms with van der Waals surface area (Å²) >= 11 is 5.76. The van der Waals surface area contributed by atoms with Crippen molar-refractivity contribution in [2.24, 2.45) is 0 Å². The molecule has 0 bridgehead atoms. The zero-order valence-corrected chi connectivity index (χ0v) is 17.0. The van der Waals surface area contributed by atoms with E-state index in [-0.39, 0.29) is 16.4 Å². The van der Waals surface area contributed by atoms with Crippen LogP contribution in [0.3, 0.4) is 0 Å². The number of hydrogen-bond donors (Lipinski definition) is 2. The van der Waals surface area contributed by atoms with Crippen LogP contribution in [0.2, 0.25) is 5.15 Å². The van der Waals surface area contributed by atoms with Crippen LogP contribution in [0.25, 0.3) is 0 Å². The van der Waals surface area contributed by atoms with Crippen LogP contribution in [0.15, 0.2) is 60.7 Å². The number of ether oxygens (including phenoxy) is 1. The molecule has 3 rings (SSSR count). The fourth-order valence-corrected chi connectivity index (χ4v) is 2.84. The Hall–Kier alpha value is -3.73. The van der Waals surface area contributed by atoms with Gasteiger partial charge in [0, 0.05) is 5.56 Å². The molecule has 0 aliphatic heterocycles. The van der Waals surface area contributed by atoms with E-state index in [9.17, 15) is 31.5 Å². The van der Waals surface area contributed by atoms with E-state index in [0.29, 0.717) is 0 Å². The SMILES string of the molecule is O=C(NC(=O)c1c(F)cccc1F)Nc1ccc(Cl)nc1OC(c1ccccc1)C(F)(F)F. The Kier molecular flexibility index (Phi) is 7.12. The molecule has 12 heteroatoms. The number of alkyl halides is 3. The monoisotopic (exact) mass is 485 g/mol. The van der Waals surface area contributed by atoms with Crippen molar-refractivity contribution in [3.8, 4) is 5.88 Å². The van der Waals surface area contributed by atoms with E-state index >= 15 is 0 Å². The fourth-order valence-electron chi connectivity index (χ4n) is 2.70. The summed E-state index contributed by atoms with van der Waals surface area (Å²) in [5, 5.41) is 3.49. The molecule has 1 heterocycles. The van der Waals surface area contributed by atoms with Crippen molar-refractivity contribution in [1.29, 1.82) is 0 Å². The first kappa shape index (κ1) is 23.9. The molecule has 1 aromatic heterocycles. The van der Waals surface area contributed by atoms with Gasteiger partial charge in [-0.3, -0.25) is 10.1 Å². The number of rotatable bonds is 5. The molecule has 0 radical (unpaired) electrons. The minimum Gasteiger partial charge on any atom is -0.458 e. The number of amides is 3. The van der Waals surface area contributed by atoms with Gasteiger partial charge in [0.05, 0.1) is 0 Å². The second-order valence-electron chi connectivity index (χ2n) is 6.44. The molecular weight excluding hydrogens is 473 g/mol. The van der Waals surface area contributed by atoms with Gasteiger partial charge < -0.3 is 10.1 Å². The molecule has 0 aliphatic rings. The molecular formula is C21H13ClF5N3O3. The average Bonchev–Trinajstić information content (AvgIpc) is 2.73. The number of benzene rings is 2. The summed E-state index contributed by atoms with van der Waals surface area (Å²) in [5.41, 5.74) is -1.64. The van der Waals surface area contributed by atoms with Crippen LogP contribution >= 0.6 is 11.6 Å². The molecule has 1 unspecified atom stereocenters. The number of urea groups is 1.